The van der Waals surface area contributed by atoms with Gasteiger partial charge in [0.05, 0.1) is 12.2 Å². The summed E-state index contributed by atoms with van der Waals surface area (Å²) < 4.78 is 39.9. The van der Waals surface area contributed by atoms with E-state index in [0.29, 0.717) is 11.3 Å². The van der Waals surface area contributed by atoms with Crippen LogP contribution in [0, 0.1) is 17.6 Å². The standard InChI is InChI=1S/C23H26F2N2O4/c1-6-30-20-15(7-8-16(24)19(20)25)18-12(2)23(4,5)31-21(18)22(29)27-14-9-10-26-17(11-14)13(3)28/h7-12,18,21H,6H2,1-5H3,(H,26,27,29)/t12-,18+,21+/m1/s1. The van der Waals surface area contributed by atoms with Crippen molar-refractivity contribution in [1.29, 1.82) is 0 Å². The van der Waals surface area contributed by atoms with E-state index in [1.165, 1.54) is 25.3 Å². The number of carbonyl (C=O) groups is 2. The summed E-state index contributed by atoms with van der Waals surface area (Å²) in [6.45, 7) is 8.78. The maximum atomic E-state index is 14.5. The van der Waals surface area contributed by atoms with E-state index in [1.807, 2.05) is 20.8 Å². The van der Waals surface area contributed by atoms with Gasteiger partial charge < -0.3 is 14.8 Å². The number of hydrogen-bond donors (Lipinski definition) is 1. The van der Waals surface area contributed by atoms with Crippen molar-refractivity contribution in [3.63, 3.8) is 0 Å². The molecule has 3 rings (SSSR count). The molecule has 1 aromatic heterocycles. The zero-order valence-corrected chi connectivity index (χ0v) is 18.2. The molecule has 0 aliphatic carbocycles. The van der Waals surface area contributed by atoms with Gasteiger partial charge >= 0.3 is 0 Å². The van der Waals surface area contributed by atoms with Gasteiger partial charge in [-0.25, -0.2) is 4.39 Å². The van der Waals surface area contributed by atoms with Crippen molar-refractivity contribution < 1.29 is 27.8 Å². The van der Waals surface area contributed by atoms with Crippen LogP contribution in [0.2, 0.25) is 0 Å². The molecule has 2 aromatic rings. The highest BCUT2D eigenvalue weighted by atomic mass is 19.2. The fourth-order valence-corrected chi connectivity index (χ4v) is 3.87. The van der Waals surface area contributed by atoms with Crippen LogP contribution in [0.3, 0.4) is 0 Å². The first-order valence-electron chi connectivity index (χ1n) is 10.1. The summed E-state index contributed by atoms with van der Waals surface area (Å²) in [4.78, 5) is 28.7. The lowest BCUT2D eigenvalue weighted by Gasteiger charge is -2.26. The minimum absolute atomic E-state index is 0.139. The van der Waals surface area contributed by atoms with Gasteiger partial charge in [0.25, 0.3) is 5.91 Å². The van der Waals surface area contributed by atoms with Crippen molar-refractivity contribution in [2.45, 2.75) is 52.2 Å². The van der Waals surface area contributed by atoms with Crippen LogP contribution in [0.15, 0.2) is 30.5 Å². The number of hydrogen-bond acceptors (Lipinski definition) is 5. The highest BCUT2D eigenvalue weighted by Crippen LogP contribution is 2.49. The van der Waals surface area contributed by atoms with Crippen molar-refractivity contribution in [3.8, 4) is 5.75 Å². The number of pyridine rings is 1. The Labute approximate surface area is 180 Å². The quantitative estimate of drug-likeness (QED) is 0.681. The van der Waals surface area contributed by atoms with Gasteiger partial charge in [-0.05, 0) is 44.9 Å². The SMILES string of the molecule is CCOc1c([C@H]2[C@@H](C(=O)Nc3ccnc(C(C)=O)c3)OC(C)(C)[C@@H]2C)ccc(F)c1F. The first-order chi connectivity index (χ1) is 14.6. The highest BCUT2D eigenvalue weighted by molar-refractivity contribution is 5.97. The molecule has 0 unspecified atom stereocenters. The van der Waals surface area contributed by atoms with E-state index in [0.717, 1.165) is 6.07 Å². The van der Waals surface area contributed by atoms with Crippen molar-refractivity contribution in [2.24, 2.45) is 5.92 Å². The Hall–Kier alpha value is -2.87. The van der Waals surface area contributed by atoms with Gasteiger partial charge in [-0.3, -0.25) is 14.6 Å². The number of rotatable bonds is 6. The van der Waals surface area contributed by atoms with E-state index in [-0.39, 0.29) is 29.8 Å². The molecule has 0 saturated carbocycles. The van der Waals surface area contributed by atoms with Gasteiger partial charge in [0.2, 0.25) is 5.82 Å². The van der Waals surface area contributed by atoms with Crippen LogP contribution in [0.1, 0.15) is 56.6 Å². The number of nitrogens with zero attached hydrogens (tertiary/aromatic N) is 1. The molecule has 1 amide bonds. The van der Waals surface area contributed by atoms with Crippen LogP contribution in [0.25, 0.3) is 0 Å². The van der Waals surface area contributed by atoms with Gasteiger partial charge in [-0.2, -0.15) is 4.39 Å². The van der Waals surface area contributed by atoms with E-state index in [1.54, 1.807) is 13.0 Å². The number of nitrogens with one attached hydrogen (secondary N) is 1. The summed E-state index contributed by atoms with van der Waals surface area (Å²) in [6.07, 6.45) is 0.442. The van der Waals surface area contributed by atoms with Gasteiger partial charge in [0.1, 0.15) is 11.8 Å². The Bertz CT molecular complexity index is 1010. The first kappa shape index (κ1) is 22.8. The predicted octanol–water partition coefficient (Wildman–Crippen LogP) is 4.50. The van der Waals surface area contributed by atoms with E-state index < -0.39 is 35.2 Å². The summed E-state index contributed by atoms with van der Waals surface area (Å²) in [5.41, 5.74) is 0.275. The zero-order chi connectivity index (χ0) is 22.9. The van der Waals surface area contributed by atoms with E-state index >= 15 is 0 Å². The average molecular weight is 432 g/mol. The summed E-state index contributed by atoms with van der Waals surface area (Å²) in [5, 5.41) is 2.75. The Morgan fingerprint density at radius 2 is 1.97 bits per heavy atom. The maximum Gasteiger partial charge on any atom is 0.254 e. The molecule has 1 aromatic carbocycles. The third kappa shape index (κ3) is 4.44. The Kier molecular flexibility index (Phi) is 6.40. The molecular formula is C23H26F2N2O4. The summed E-state index contributed by atoms with van der Waals surface area (Å²) in [7, 11) is 0. The van der Waals surface area contributed by atoms with Crippen LogP contribution < -0.4 is 10.1 Å². The molecule has 3 atom stereocenters. The number of Topliss-reactive ketones (excluding diaryl/α,β-unsaturated/α-hetero) is 1. The fraction of sp³-hybridized carbons (Fsp3) is 0.435. The lowest BCUT2D eigenvalue weighted by atomic mass is 9.78. The molecule has 0 spiro atoms. The van der Waals surface area contributed by atoms with Gasteiger partial charge in [-0.1, -0.05) is 13.0 Å². The number of anilines is 1. The normalized spacial score (nSPS) is 22.2. The molecule has 1 aliphatic heterocycles. The molecular weight excluding hydrogens is 406 g/mol. The number of benzene rings is 1. The van der Waals surface area contributed by atoms with E-state index in [9.17, 15) is 18.4 Å². The fourth-order valence-electron chi connectivity index (χ4n) is 3.87. The van der Waals surface area contributed by atoms with Gasteiger partial charge in [0.15, 0.2) is 17.3 Å². The van der Waals surface area contributed by atoms with Crippen LogP contribution in [0.4, 0.5) is 14.5 Å². The third-order valence-electron chi connectivity index (χ3n) is 5.77. The molecule has 1 N–H and O–H groups in total. The molecule has 2 heterocycles. The summed E-state index contributed by atoms with van der Waals surface area (Å²) in [5.74, 6) is -3.80. The molecule has 166 valence electrons. The second-order valence-corrected chi connectivity index (χ2v) is 8.14. The number of halogens is 2. The minimum Gasteiger partial charge on any atom is -0.490 e. The number of amides is 1. The molecule has 31 heavy (non-hydrogen) atoms. The van der Waals surface area contributed by atoms with Crippen LogP contribution in [-0.2, 0) is 9.53 Å². The maximum absolute atomic E-state index is 14.5. The number of carbonyl (C=O) groups excluding carboxylic acids is 2. The molecule has 0 radical (unpaired) electrons. The van der Waals surface area contributed by atoms with Crippen LogP contribution in [0.5, 0.6) is 5.75 Å². The molecule has 1 saturated heterocycles. The van der Waals surface area contributed by atoms with Crippen molar-refractivity contribution in [1.82, 2.24) is 4.98 Å². The Morgan fingerprint density at radius 1 is 1.26 bits per heavy atom. The van der Waals surface area contributed by atoms with Gasteiger partial charge in [0, 0.05) is 30.3 Å². The smallest absolute Gasteiger partial charge is 0.254 e. The van der Waals surface area contributed by atoms with Crippen LogP contribution >= 0.6 is 0 Å². The molecule has 0 bridgehead atoms. The lowest BCUT2D eigenvalue weighted by molar-refractivity contribution is -0.131. The second kappa shape index (κ2) is 8.70. The van der Waals surface area contributed by atoms with Crippen molar-refractivity contribution >= 4 is 17.4 Å². The lowest BCUT2D eigenvalue weighted by Crippen LogP contribution is -2.33. The van der Waals surface area contributed by atoms with Crippen LogP contribution in [-0.4, -0.2) is 35.0 Å². The van der Waals surface area contributed by atoms with Gasteiger partial charge in [-0.15, -0.1) is 0 Å². The third-order valence-corrected chi connectivity index (χ3v) is 5.77. The minimum atomic E-state index is -1.09. The average Bonchev–Trinajstić information content (AvgIpc) is 2.96. The molecule has 1 aliphatic rings. The van der Waals surface area contributed by atoms with Crippen molar-refractivity contribution in [2.75, 3.05) is 11.9 Å². The monoisotopic (exact) mass is 432 g/mol. The Balaban J connectivity index is 1.99. The van der Waals surface area contributed by atoms with E-state index in [4.69, 9.17) is 9.47 Å². The predicted molar refractivity (Wildman–Crippen MR) is 111 cm³/mol. The molecule has 1 fully saturated rings. The van der Waals surface area contributed by atoms with E-state index in [2.05, 4.69) is 10.3 Å². The summed E-state index contributed by atoms with van der Waals surface area (Å²) in [6, 6.07) is 5.51. The first-order valence-corrected chi connectivity index (χ1v) is 10.1. The highest BCUT2D eigenvalue weighted by Gasteiger charge is 2.51. The van der Waals surface area contributed by atoms with Crippen molar-refractivity contribution in [3.05, 3.63) is 53.4 Å². The number of aromatic nitrogens is 1. The molecule has 8 heteroatoms. The number of ether oxygens (including phenoxy) is 2. The molecule has 6 nitrogen and oxygen atoms in total. The Morgan fingerprint density at radius 3 is 2.61 bits per heavy atom. The zero-order valence-electron chi connectivity index (χ0n) is 18.2. The second-order valence-electron chi connectivity index (χ2n) is 8.14. The summed E-state index contributed by atoms with van der Waals surface area (Å²) >= 11 is 0. The topological polar surface area (TPSA) is 77.5 Å². The largest absolute Gasteiger partial charge is 0.490 e. The number of ketones is 1.